The summed E-state index contributed by atoms with van der Waals surface area (Å²) >= 11 is 18.0. The van der Waals surface area contributed by atoms with E-state index in [4.69, 9.17) is 34.8 Å². The monoisotopic (exact) mass is 588 g/mol. The number of hydrazone groups is 1. The highest BCUT2D eigenvalue weighted by Gasteiger charge is 2.27. The number of hydrogen-bond acceptors (Lipinski definition) is 4. The van der Waals surface area contributed by atoms with Crippen LogP contribution < -0.4 is 9.73 Å². The molecule has 0 bridgehead atoms. The second-order valence-electron chi connectivity index (χ2n) is 8.38. The largest absolute Gasteiger partial charge is 0.318 e. The fourth-order valence-corrected chi connectivity index (χ4v) is 5.77. The molecule has 0 saturated carbocycles. The lowest BCUT2D eigenvalue weighted by Crippen LogP contribution is -2.39. The maximum absolute atomic E-state index is 13.4. The molecule has 0 unspecified atom stereocenters. The van der Waals surface area contributed by atoms with Crippen molar-refractivity contribution in [2.75, 3.05) is 10.8 Å². The van der Waals surface area contributed by atoms with E-state index in [1.807, 2.05) is 48.7 Å². The Balaban J connectivity index is 1.55. The number of anilines is 1. The van der Waals surface area contributed by atoms with Gasteiger partial charge in [-0.15, -0.1) is 0 Å². The van der Waals surface area contributed by atoms with Gasteiger partial charge in [0.2, 0.25) is 0 Å². The summed E-state index contributed by atoms with van der Waals surface area (Å²) in [6.07, 6.45) is 1.52. The van der Waals surface area contributed by atoms with E-state index >= 15 is 0 Å². The van der Waals surface area contributed by atoms with Crippen LogP contribution in [0.4, 0.5) is 5.69 Å². The molecule has 0 aliphatic carbocycles. The molecule has 0 radical (unpaired) electrons. The summed E-state index contributed by atoms with van der Waals surface area (Å²) in [7, 11) is -4.11. The molecular weight excluding hydrogens is 567 g/mol. The molecule has 1 N–H and O–H groups in total. The van der Waals surface area contributed by atoms with Crippen LogP contribution in [0.3, 0.4) is 0 Å². The molecule has 38 heavy (non-hydrogen) atoms. The van der Waals surface area contributed by atoms with Crippen LogP contribution >= 0.6 is 34.8 Å². The number of hydrogen-bond donors (Lipinski definition) is 1. The van der Waals surface area contributed by atoms with E-state index in [2.05, 4.69) is 10.5 Å². The smallest absolute Gasteiger partial charge is 0.264 e. The van der Waals surface area contributed by atoms with Crippen LogP contribution in [0.1, 0.15) is 17.0 Å². The molecule has 11 heteroatoms. The van der Waals surface area contributed by atoms with Crippen LogP contribution in [0, 0.1) is 13.8 Å². The first kappa shape index (κ1) is 27.7. The number of nitrogens with zero attached hydrogens (tertiary/aromatic N) is 3. The Morgan fingerprint density at radius 1 is 0.921 bits per heavy atom. The van der Waals surface area contributed by atoms with Gasteiger partial charge < -0.3 is 4.57 Å². The highest BCUT2D eigenvalue weighted by molar-refractivity contribution is 7.92. The molecule has 1 amide bonds. The minimum absolute atomic E-state index is 0.0205. The summed E-state index contributed by atoms with van der Waals surface area (Å²) in [5.41, 5.74) is 6.27. The van der Waals surface area contributed by atoms with E-state index in [9.17, 15) is 13.2 Å². The van der Waals surface area contributed by atoms with Crippen molar-refractivity contribution in [1.82, 2.24) is 9.99 Å². The number of halogens is 3. The Morgan fingerprint density at radius 2 is 1.55 bits per heavy atom. The molecule has 1 heterocycles. The number of rotatable bonds is 8. The lowest BCUT2D eigenvalue weighted by Gasteiger charge is -2.23. The number of benzene rings is 3. The maximum Gasteiger partial charge on any atom is 0.264 e. The number of aromatic nitrogens is 1. The van der Waals surface area contributed by atoms with Gasteiger partial charge in [-0.25, -0.2) is 13.8 Å². The number of sulfonamides is 1. The van der Waals surface area contributed by atoms with Crippen molar-refractivity contribution < 1.29 is 13.2 Å². The molecule has 7 nitrogen and oxygen atoms in total. The van der Waals surface area contributed by atoms with Crippen LogP contribution in [-0.2, 0) is 14.8 Å². The summed E-state index contributed by atoms with van der Waals surface area (Å²) in [6.45, 7) is 3.37. The number of amides is 1. The molecule has 4 aromatic rings. The van der Waals surface area contributed by atoms with Crippen LogP contribution in [0.15, 0.2) is 88.9 Å². The molecule has 0 fully saturated rings. The minimum Gasteiger partial charge on any atom is -0.318 e. The quantitative estimate of drug-likeness (QED) is 0.191. The van der Waals surface area contributed by atoms with Crippen molar-refractivity contribution >= 4 is 62.6 Å². The predicted octanol–water partition coefficient (Wildman–Crippen LogP) is 6.40. The van der Waals surface area contributed by atoms with Gasteiger partial charge in [-0.3, -0.25) is 9.10 Å². The lowest BCUT2D eigenvalue weighted by molar-refractivity contribution is -0.119. The molecule has 3 aromatic carbocycles. The summed E-state index contributed by atoms with van der Waals surface area (Å²) in [6, 6.07) is 21.3. The van der Waals surface area contributed by atoms with Gasteiger partial charge in [0.25, 0.3) is 15.9 Å². The fourth-order valence-electron chi connectivity index (χ4n) is 3.93. The first-order valence-corrected chi connectivity index (χ1v) is 13.9. The topological polar surface area (TPSA) is 83.8 Å². The van der Waals surface area contributed by atoms with Gasteiger partial charge in [0.15, 0.2) is 0 Å². The second-order valence-corrected chi connectivity index (χ2v) is 11.5. The van der Waals surface area contributed by atoms with Gasteiger partial charge in [0.1, 0.15) is 6.54 Å². The molecule has 0 aliphatic heterocycles. The zero-order valence-corrected chi connectivity index (χ0v) is 23.5. The van der Waals surface area contributed by atoms with E-state index < -0.39 is 22.5 Å². The van der Waals surface area contributed by atoms with Gasteiger partial charge in [-0.05, 0) is 86.6 Å². The SMILES string of the molecule is Cc1cc(/C=N\NC(=O)CN(c2cccc(Cl)c2)S(=O)(=O)c2ccc(Cl)cc2)c(C)n1-c1ccc(Cl)cc1. The zero-order chi connectivity index (χ0) is 27.4. The molecule has 0 atom stereocenters. The Kier molecular flexibility index (Phi) is 8.47. The standard InChI is InChI=1S/C27H23Cl3N4O3S/c1-18-14-20(19(2)34(18)24-10-6-21(28)7-11-24)16-31-32-27(35)17-33(25-5-3-4-23(30)15-25)38(36,37)26-12-8-22(29)9-13-26/h3-16H,17H2,1-2H3,(H,32,35)/b31-16-. The van der Waals surface area contributed by atoms with E-state index in [1.54, 1.807) is 18.2 Å². The van der Waals surface area contributed by atoms with E-state index in [0.717, 1.165) is 26.9 Å². The molecule has 196 valence electrons. The van der Waals surface area contributed by atoms with Crippen LogP contribution in [0.2, 0.25) is 15.1 Å². The maximum atomic E-state index is 13.4. The van der Waals surface area contributed by atoms with Gasteiger partial charge >= 0.3 is 0 Å². The molecule has 0 aliphatic rings. The van der Waals surface area contributed by atoms with Crippen molar-refractivity contribution in [3.05, 3.63) is 111 Å². The highest BCUT2D eigenvalue weighted by Crippen LogP contribution is 2.27. The van der Waals surface area contributed by atoms with Crippen molar-refractivity contribution in [1.29, 1.82) is 0 Å². The average Bonchev–Trinajstić information content (AvgIpc) is 3.16. The Bertz CT molecular complexity index is 1600. The van der Waals surface area contributed by atoms with E-state index in [1.165, 1.54) is 36.5 Å². The molecule has 4 rings (SSSR count). The van der Waals surface area contributed by atoms with Crippen molar-refractivity contribution in [2.45, 2.75) is 18.7 Å². The molecule has 0 spiro atoms. The van der Waals surface area contributed by atoms with E-state index in [-0.39, 0.29) is 10.6 Å². The number of nitrogens with one attached hydrogen (secondary N) is 1. The third kappa shape index (κ3) is 6.22. The molecule has 1 aromatic heterocycles. The van der Waals surface area contributed by atoms with Gasteiger partial charge in [0, 0.05) is 37.7 Å². The fraction of sp³-hybridized carbons (Fsp3) is 0.111. The first-order valence-electron chi connectivity index (χ1n) is 11.4. The average molecular weight is 590 g/mol. The molecule has 0 saturated heterocycles. The minimum atomic E-state index is -4.11. The van der Waals surface area contributed by atoms with Gasteiger partial charge in [-0.1, -0.05) is 40.9 Å². The van der Waals surface area contributed by atoms with E-state index in [0.29, 0.717) is 15.1 Å². The highest BCUT2D eigenvalue weighted by atomic mass is 35.5. The number of carbonyl (C=O) groups excluding carboxylic acids is 1. The lowest BCUT2D eigenvalue weighted by atomic mass is 10.2. The van der Waals surface area contributed by atoms with Crippen LogP contribution in [0.5, 0.6) is 0 Å². The first-order chi connectivity index (χ1) is 18.1. The predicted molar refractivity (Wildman–Crippen MR) is 153 cm³/mol. The van der Waals surface area contributed by atoms with Crippen molar-refractivity contribution in [3.63, 3.8) is 0 Å². The Hall–Kier alpha value is -3.30. The summed E-state index contributed by atoms with van der Waals surface area (Å²) in [5.74, 6) is -0.634. The van der Waals surface area contributed by atoms with Crippen LogP contribution in [0.25, 0.3) is 5.69 Å². The molecular formula is C27H23Cl3N4O3S. The number of carbonyl (C=O) groups is 1. The van der Waals surface area contributed by atoms with Crippen molar-refractivity contribution in [2.24, 2.45) is 5.10 Å². The third-order valence-electron chi connectivity index (χ3n) is 5.73. The van der Waals surface area contributed by atoms with Gasteiger partial charge in [0.05, 0.1) is 16.8 Å². The normalized spacial score (nSPS) is 11.6. The number of aryl methyl sites for hydroxylation is 1. The third-order valence-corrected chi connectivity index (χ3v) is 8.26. The Morgan fingerprint density at radius 3 is 2.18 bits per heavy atom. The zero-order valence-electron chi connectivity index (χ0n) is 20.4. The summed E-state index contributed by atoms with van der Waals surface area (Å²) in [4.78, 5) is 12.8. The van der Waals surface area contributed by atoms with Gasteiger partial charge in [-0.2, -0.15) is 5.10 Å². The van der Waals surface area contributed by atoms with Crippen LogP contribution in [-0.4, -0.2) is 31.7 Å². The summed E-state index contributed by atoms with van der Waals surface area (Å²) in [5, 5.41) is 5.43. The second kappa shape index (κ2) is 11.6. The summed E-state index contributed by atoms with van der Waals surface area (Å²) < 4.78 is 29.9. The Labute approximate surface area is 236 Å². The van der Waals surface area contributed by atoms with Crippen molar-refractivity contribution in [3.8, 4) is 5.69 Å².